The number of rotatable bonds is 5. The third-order valence-corrected chi connectivity index (χ3v) is 5.89. The lowest BCUT2D eigenvalue weighted by molar-refractivity contribution is 0.0678. The number of aryl methyl sites for hydroxylation is 1. The predicted molar refractivity (Wildman–Crippen MR) is 102 cm³/mol. The Morgan fingerprint density at radius 1 is 1.31 bits per heavy atom. The summed E-state index contributed by atoms with van der Waals surface area (Å²) < 4.78 is 23.1. The predicted octanol–water partition coefficient (Wildman–Crippen LogP) is 2.54. The van der Waals surface area contributed by atoms with Crippen molar-refractivity contribution in [3.63, 3.8) is 0 Å². The smallest absolute Gasteiger partial charge is 0.271 e. The highest BCUT2D eigenvalue weighted by Gasteiger charge is 2.27. The topological polar surface area (TPSA) is 83.1 Å². The lowest BCUT2D eigenvalue weighted by atomic mass is 10.00. The van der Waals surface area contributed by atoms with Gasteiger partial charge in [-0.3, -0.25) is 9.89 Å². The highest BCUT2D eigenvalue weighted by Crippen LogP contribution is 2.22. The van der Waals surface area contributed by atoms with E-state index in [4.69, 9.17) is 0 Å². The standard InChI is InChI=1S/C19H25N3O3S/c1-3-14-6-8-16(9-7-14)17-11-18(21-20-17)19(23)22-10-4-5-15(12-22)13-26(2,24)25/h6-9,11,15H,3-5,10,12-13H2,1-2H3,(H,20,21)/t15-/m1/s1. The molecule has 0 saturated carbocycles. The molecule has 0 unspecified atom stereocenters. The molecule has 1 saturated heterocycles. The fourth-order valence-corrected chi connectivity index (χ4v) is 4.60. The van der Waals surface area contributed by atoms with Gasteiger partial charge in [-0.15, -0.1) is 0 Å². The van der Waals surface area contributed by atoms with Crippen molar-refractivity contribution >= 4 is 15.7 Å². The van der Waals surface area contributed by atoms with Crippen LogP contribution in [-0.2, 0) is 16.3 Å². The Bertz CT molecular complexity index is 872. The Labute approximate surface area is 154 Å². The highest BCUT2D eigenvalue weighted by molar-refractivity contribution is 7.90. The third kappa shape index (κ3) is 4.52. The van der Waals surface area contributed by atoms with E-state index in [9.17, 15) is 13.2 Å². The van der Waals surface area contributed by atoms with E-state index in [2.05, 4.69) is 29.3 Å². The molecule has 0 spiro atoms. The summed E-state index contributed by atoms with van der Waals surface area (Å²) in [4.78, 5) is 14.5. The monoisotopic (exact) mass is 375 g/mol. The van der Waals surface area contributed by atoms with E-state index >= 15 is 0 Å². The lowest BCUT2D eigenvalue weighted by Crippen LogP contribution is -2.41. The SMILES string of the molecule is CCc1ccc(-c2cc(C(=O)N3CCC[C@@H](CS(C)(=O)=O)C3)[nH]n2)cc1. The molecule has 1 atom stereocenters. The van der Waals surface area contributed by atoms with Crippen LogP contribution < -0.4 is 0 Å². The molecule has 1 aliphatic heterocycles. The van der Waals surface area contributed by atoms with Crippen LogP contribution in [0, 0.1) is 5.92 Å². The van der Waals surface area contributed by atoms with Crippen molar-refractivity contribution in [1.29, 1.82) is 0 Å². The number of aromatic amines is 1. The summed E-state index contributed by atoms with van der Waals surface area (Å²) in [6.45, 7) is 3.24. The van der Waals surface area contributed by atoms with Crippen molar-refractivity contribution in [2.75, 3.05) is 25.1 Å². The maximum absolute atomic E-state index is 12.8. The van der Waals surface area contributed by atoms with Gasteiger partial charge in [-0.25, -0.2) is 8.42 Å². The Balaban J connectivity index is 1.71. The number of nitrogens with one attached hydrogen (secondary N) is 1. The maximum Gasteiger partial charge on any atom is 0.271 e. The molecule has 140 valence electrons. The summed E-state index contributed by atoms with van der Waals surface area (Å²) in [7, 11) is -3.03. The molecule has 6 nitrogen and oxygen atoms in total. The fraction of sp³-hybridized carbons (Fsp3) is 0.474. The zero-order valence-electron chi connectivity index (χ0n) is 15.2. The number of amides is 1. The second kappa shape index (κ2) is 7.61. The number of benzene rings is 1. The molecule has 1 fully saturated rings. The molecule has 0 radical (unpaired) electrons. The molecule has 1 aliphatic rings. The normalized spacial score (nSPS) is 18.1. The highest BCUT2D eigenvalue weighted by atomic mass is 32.2. The van der Waals surface area contributed by atoms with E-state index in [1.807, 2.05) is 12.1 Å². The molecule has 26 heavy (non-hydrogen) atoms. The summed E-state index contributed by atoms with van der Waals surface area (Å²) in [5, 5.41) is 7.10. The second-order valence-electron chi connectivity index (χ2n) is 7.07. The zero-order chi connectivity index (χ0) is 18.7. The Kier molecular flexibility index (Phi) is 5.46. The van der Waals surface area contributed by atoms with Gasteiger partial charge >= 0.3 is 0 Å². The molecule has 0 aliphatic carbocycles. The number of carbonyl (C=O) groups is 1. The number of likely N-dealkylation sites (tertiary alicyclic amines) is 1. The van der Waals surface area contributed by atoms with E-state index in [-0.39, 0.29) is 17.6 Å². The first-order chi connectivity index (χ1) is 12.4. The van der Waals surface area contributed by atoms with Crippen molar-refractivity contribution < 1.29 is 13.2 Å². The van der Waals surface area contributed by atoms with Crippen molar-refractivity contribution in [3.05, 3.63) is 41.6 Å². The van der Waals surface area contributed by atoms with Crippen molar-refractivity contribution in [2.24, 2.45) is 5.92 Å². The summed E-state index contributed by atoms with van der Waals surface area (Å²) in [5.74, 6) is 0.0215. The number of nitrogens with zero attached hydrogens (tertiary/aromatic N) is 2. The van der Waals surface area contributed by atoms with Gasteiger partial charge in [0.25, 0.3) is 5.91 Å². The van der Waals surface area contributed by atoms with E-state index < -0.39 is 9.84 Å². The fourth-order valence-electron chi connectivity index (χ4n) is 3.47. The number of sulfone groups is 1. The molecule has 1 N–H and O–H groups in total. The van der Waals surface area contributed by atoms with Gasteiger partial charge in [-0.05, 0) is 36.8 Å². The molecule has 7 heteroatoms. The van der Waals surface area contributed by atoms with E-state index in [0.29, 0.717) is 18.8 Å². The van der Waals surface area contributed by atoms with Crippen LogP contribution in [0.25, 0.3) is 11.3 Å². The first kappa shape index (κ1) is 18.6. The average molecular weight is 375 g/mol. The van der Waals surface area contributed by atoms with Gasteiger partial charge in [0, 0.05) is 24.9 Å². The minimum absolute atomic E-state index is 0.00619. The molecular weight excluding hydrogens is 350 g/mol. The Morgan fingerprint density at radius 2 is 2.04 bits per heavy atom. The quantitative estimate of drug-likeness (QED) is 0.870. The van der Waals surface area contributed by atoms with Crippen LogP contribution in [0.15, 0.2) is 30.3 Å². The molecule has 2 heterocycles. The molecular formula is C19H25N3O3S. The van der Waals surface area contributed by atoms with Crippen LogP contribution >= 0.6 is 0 Å². The van der Waals surface area contributed by atoms with Crippen molar-refractivity contribution in [3.8, 4) is 11.3 Å². The van der Waals surface area contributed by atoms with Crippen LogP contribution in [0.1, 0.15) is 35.8 Å². The Hall–Kier alpha value is -2.15. The zero-order valence-corrected chi connectivity index (χ0v) is 16.1. The summed E-state index contributed by atoms with van der Waals surface area (Å²) in [6, 6.07) is 9.90. The van der Waals surface area contributed by atoms with E-state index in [1.165, 1.54) is 11.8 Å². The molecule has 1 aromatic carbocycles. The van der Waals surface area contributed by atoms with Crippen LogP contribution in [0.5, 0.6) is 0 Å². The van der Waals surface area contributed by atoms with Crippen molar-refractivity contribution in [2.45, 2.75) is 26.2 Å². The van der Waals surface area contributed by atoms with Gasteiger partial charge in [0.1, 0.15) is 15.5 Å². The lowest BCUT2D eigenvalue weighted by Gasteiger charge is -2.32. The van der Waals surface area contributed by atoms with Gasteiger partial charge in [0.2, 0.25) is 0 Å². The minimum atomic E-state index is -3.03. The van der Waals surface area contributed by atoms with Gasteiger partial charge in [0.15, 0.2) is 0 Å². The van der Waals surface area contributed by atoms with Crippen LogP contribution in [0.3, 0.4) is 0 Å². The van der Waals surface area contributed by atoms with Crippen LogP contribution in [0.2, 0.25) is 0 Å². The summed E-state index contributed by atoms with van der Waals surface area (Å²) in [5.41, 5.74) is 3.40. The summed E-state index contributed by atoms with van der Waals surface area (Å²) in [6.07, 6.45) is 3.90. The van der Waals surface area contributed by atoms with Crippen molar-refractivity contribution in [1.82, 2.24) is 15.1 Å². The van der Waals surface area contributed by atoms with Crippen LogP contribution in [-0.4, -0.2) is 54.5 Å². The van der Waals surface area contributed by atoms with Crippen LogP contribution in [0.4, 0.5) is 0 Å². The van der Waals surface area contributed by atoms with Gasteiger partial charge < -0.3 is 4.90 Å². The van der Waals surface area contributed by atoms with Gasteiger partial charge in [0.05, 0.1) is 11.4 Å². The number of aromatic nitrogens is 2. The average Bonchev–Trinajstić information content (AvgIpc) is 3.10. The molecule has 1 aromatic heterocycles. The van der Waals surface area contributed by atoms with Gasteiger partial charge in [-0.2, -0.15) is 5.10 Å². The largest absolute Gasteiger partial charge is 0.337 e. The Morgan fingerprint density at radius 3 is 2.69 bits per heavy atom. The molecule has 1 amide bonds. The number of piperidine rings is 1. The first-order valence-corrected chi connectivity index (χ1v) is 11.0. The number of hydrogen-bond acceptors (Lipinski definition) is 4. The second-order valence-corrected chi connectivity index (χ2v) is 9.25. The van der Waals surface area contributed by atoms with E-state index in [1.54, 1.807) is 11.0 Å². The minimum Gasteiger partial charge on any atom is -0.337 e. The van der Waals surface area contributed by atoms with Gasteiger partial charge in [-0.1, -0.05) is 31.2 Å². The first-order valence-electron chi connectivity index (χ1n) is 8.97. The number of carbonyl (C=O) groups excluding carboxylic acids is 1. The number of hydrogen-bond donors (Lipinski definition) is 1. The molecule has 3 rings (SSSR count). The summed E-state index contributed by atoms with van der Waals surface area (Å²) >= 11 is 0. The van der Waals surface area contributed by atoms with E-state index in [0.717, 1.165) is 30.5 Å². The third-order valence-electron chi connectivity index (χ3n) is 4.81. The molecule has 2 aromatic rings. The number of H-pyrrole nitrogens is 1. The maximum atomic E-state index is 12.8. The molecule has 0 bridgehead atoms.